The van der Waals surface area contributed by atoms with Crippen molar-refractivity contribution < 1.29 is 13.2 Å². The van der Waals surface area contributed by atoms with Gasteiger partial charge in [-0.2, -0.15) is 9.57 Å². The van der Waals surface area contributed by atoms with E-state index in [0.29, 0.717) is 30.0 Å². The van der Waals surface area contributed by atoms with Gasteiger partial charge in [0.15, 0.2) is 0 Å². The number of rotatable bonds is 8. The normalized spacial score (nSPS) is 11.0. The van der Waals surface area contributed by atoms with Crippen LogP contribution in [0.4, 0.5) is 11.4 Å². The van der Waals surface area contributed by atoms with Crippen molar-refractivity contribution in [1.29, 1.82) is 5.26 Å². The Hall–Kier alpha value is -2.89. The molecule has 2 rings (SSSR count). The average molecular weight is 386 g/mol. The Morgan fingerprint density at radius 2 is 1.56 bits per heavy atom. The number of anilines is 2. The Labute approximate surface area is 159 Å². The minimum Gasteiger partial charge on any atom is -0.376 e. The third kappa shape index (κ3) is 5.29. The predicted octanol–water partition coefficient (Wildman–Crippen LogP) is 2.64. The van der Waals surface area contributed by atoms with Crippen LogP contribution in [0, 0.1) is 11.3 Å². The van der Waals surface area contributed by atoms with E-state index < -0.39 is 10.0 Å². The van der Waals surface area contributed by atoms with Crippen LogP contribution in [-0.2, 0) is 14.8 Å². The maximum atomic E-state index is 12.4. The SMILES string of the molecule is CCN(CC)S(=O)(=O)c1ccc(NCC(=O)Nc2ccc(C#N)cc2)cc1. The zero-order chi connectivity index (χ0) is 19.9. The van der Waals surface area contributed by atoms with E-state index in [2.05, 4.69) is 10.6 Å². The van der Waals surface area contributed by atoms with Gasteiger partial charge in [-0.3, -0.25) is 4.79 Å². The second kappa shape index (κ2) is 9.16. The summed E-state index contributed by atoms with van der Waals surface area (Å²) in [7, 11) is -3.49. The van der Waals surface area contributed by atoms with Gasteiger partial charge in [-0.15, -0.1) is 0 Å². The highest BCUT2D eigenvalue weighted by Crippen LogP contribution is 2.18. The van der Waals surface area contributed by atoms with Crippen molar-refractivity contribution in [3.63, 3.8) is 0 Å². The average Bonchev–Trinajstić information content (AvgIpc) is 2.68. The molecule has 2 aromatic rings. The van der Waals surface area contributed by atoms with E-state index in [4.69, 9.17) is 5.26 Å². The number of benzene rings is 2. The fraction of sp³-hybridized carbons (Fsp3) is 0.263. The van der Waals surface area contributed by atoms with Gasteiger partial charge in [0.2, 0.25) is 15.9 Å². The summed E-state index contributed by atoms with van der Waals surface area (Å²) in [6, 6.07) is 14.9. The molecule has 0 fully saturated rings. The number of carbonyl (C=O) groups is 1. The highest BCUT2D eigenvalue weighted by molar-refractivity contribution is 7.89. The number of hydrogen-bond donors (Lipinski definition) is 2. The number of carbonyl (C=O) groups excluding carboxylic acids is 1. The monoisotopic (exact) mass is 386 g/mol. The molecule has 0 aliphatic heterocycles. The van der Waals surface area contributed by atoms with Gasteiger partial charge in [0.05, 0.1) is 23.1 Å². The fourth-order valence-corrected chi connectivity index (χ4v) is 3.93. The van der Waals surface area contributed by atoms with Gasteiger partial charge in [-0.25, -0.2) is 8.42 Å². The molecule has 0 saturated carbocycles. The van der Waals surface area contributed by atoms with Crippen LogP contribution in [0.25, 0.3) is 0 Å². The molecule has 1 amide bonds. The minimum atomic E-state index is -3.49. The minimum absolute atomic E-state index is 0.0299. The summed E-state index contributed by atoms with van der Waals surface area (Å²) in [4.78, 5) is 12.2. The Bertz CT molecular complexity index is 913. The van der Waals surface area contributed by atoms with E-state index >= 15 is 0 Å². The molecule has 0 aromatic heterocycles. The molecule has 7 nitrogen and oxygen atoms in total. The van der Waals surface area contributed by atoms with Crippen molar-refractivity contribution >= 4 is 27.3 Å². The molecule has 0 radical (unpaired) electrons. The summed E-state index contributed by atoms with van der Waals surface area (Å²) in [5.41, 5.74) is 1.76. The quantitative estimate of drug-likeness (QED) is 0.726. The van der Waals surface area contributed by atoms with Crippen LogP contribution in [0.15, 0.2) is 53.4 Å². The highest BCUT2D eigenvalue weighted by atomic mass is 32.2. The van der Waals surface area contributed by atoms with Crippen LogP contribution >= 0.6 is 0 Å². The van der Waals surface area contributed by atoms with Crippen LogP contribution < -0.4 is 10.6 Å². The Balaban J connectivity index is 1.94. The summed E-state index contributed by atoms with van der Waals surface area (Å²) in [6.07, 6.45) is 0. The largest absolute Gasteiger partial charge is 0.376 e. The number of nitrogens with zero attached hydrogens (tertiary/aromatic N) is 2. The fourth-order valence-electron chi connectivity index (χ4n) is 2.47. The van der Waals surface area contributed by atoms with E-state index in [1.807, 2.05) is 6.07 Å². The molecule has 0 aliphatic carbocycles. The van der Waals surface area contributed by atoms with E-state index in [1.165, 1.54) is 16.4 Å². The Morgan fingerprint density at radius 3 is 2.07 bits per heavy atom. The van der Waals surface area contributed by atoms with Gasteiger partial charge >= 0.3 is 0 Å². The lowest BCUT2D eigenvalue weighted by Gasteiger charge is -2.18. The van der Waals surface area contributed by atoms with E-state index in [-0.39, 0.29) is 17.3 Å². The number of sulfonamides is 1. The van der Waals surface area contributed by atoms with Crippen molar-refractivity contribution in [3.05, 3.63) is 54.1 Å². The van der Waals surface area contributed by atoms with Crippen molar-refractivity contribution in [2.45, 2.75) is 18.7 Å². The molecule has 0 atom stereocenters. The maximum absolute atomic E-state index is 12.4. The van der Waals surface area contributed by atoms with Crippen LogP contribution in [0.3, 0.4) is 0 Å². The van der Waals surface area contributed by atoms with Crippen LogP contribution in [0.5, 0.6) is 0 Å². The van der Waals surface area contributed by atoms with Gasteiger partial charge in [0.25, 0.3) is 0 Å². The molecule has 0 heterocycles. The first-order chi connectivity index (χ1) is 12.9. The Kier molecular flexibility index (Phi) is 6.93. The lowest BCUT2D eigenvalue weighted by molar-refractivity contribution is -0.114. The van der Waals surface area contributed by atoms with E-state index in [9.17, 15) is 13.2 Å². The number of hydrogen-bond acceptors (Lipinski definition) is 5. The maximum Gasteiger partial charge on any atom is 0.243 e. The molecule has 27 heavy (non-hydrogen) atoms. The Morgan fingerprint density at radius 1 is 1.00 bits per heavy atom. The second-order valence-electron chi connectivity index (χ2n) is 5.70. The summed E-state index contributed by atoms with van der Waals surface area (Å²) in [6.45, 7) is 4.44. The van der Waals surface area contributed by atoms with E-state index in [0.717, 1.165) is 0 Å². The van der Waals surface area contributed by atoms with Crippen molar-refractivity contribution in [2.24, 2.45) is 0 Å². The molecule has 0 aliphatic rings. The summed E-state index contributed by atoms with van der Waals surface area (Å²) < 4.78 is 26.3. The molecule has 0 spiro atoms. The van der Waals surface area contributed by atoms with Gasteiger partial charge in [0.1, 0.15) is 0 Å². The lowest BCUT2D eigenvalue weighted by atomic mass is 10.2. The molecule has 2 aromatic carbocycles. The van der Waals surface area contributed by atoms with Crippen LogP contribution in [-0.4, -0.2) is 38.3 Å². The first-order valence-electron chi connectivity index (χ1n) is 8.54. The third-order valence-electron chi connectivity index (χ3n) is 3.95. The molecule has 0 bridgehead atoms. The first-order valence-corrected chi connectivity index (χ1v) is 9.98. The second-order valence-corrected chi connectivity index (χ2v) is 7.64. The van der Waals surface area contributed by atoms with Gasteiger partial charge in [-0.05, 0) is 48.5 Å². The molecule has 142 valence electrons. The zero-order valence-corrected chi connectivity index (χ0v) is 16.1. The number of nitriles is 1. The highest BCUT2D eigenvalue weighted by Gasteiger charge is 2.21. The van der Waals surface area contributed by atoms with E-state index in [1.54, 1.807) is 50.2 Å². The first kappa shape index (κ1) is 20.4. The molecular weight excluding hydrogens is 364 g/mol. The number of amides is 1. The number of nitrogens with one attached hydrogen (secondary N) is 2. The van der Waals surface area contributed by atoms with Crippen molar-refractivity contribution in [2.75, 3.05) is 30.3 Å². The van der Waals surface area contributed by atoms with Gasteiger partial charge in [-0.1, -0.05) is 13.8 Å². The summed E-state index contributed by atoms with van der Waals surface area (Å²) in [5.74, 6) is -0.250. The van der Waals surface area contributed by atoms with Gasteiger partial charge in [0, 0.05) is 24.5 Å². The topological polar surface area (TPSA) is 102 Å². The summed E-state index contributed by atoms with van der Waals surface area (Å²) in [5, 5.41) is 14.4. The van der Waals surface area contributed by atoms with Gasteiger partial charge < -0.3 is 10.6 Å². The third-order valence-corrected chi connectivity index (χ3v) is 6.01. The van der Waals surface area contributed by atoms with Crippen molar-refractivity contribution in [3.8, 4) is 6.07 Å². The lowest BCUT2D eigenvalue weighted by Crippen LogP contribution is -2.30. The van der Waals surface area contributed by atoms with Crippen LogP contribution in [0.1, 0.15) is 19.4 Å². The zero-order valence-electron chi connectivity index (χ0n) is 15.3. The summed E-state index contributed by atoms with van der Waals surface area (Å²) >= 11 is 0. The molecule has 0 unspecified atom stereocenters. The van der Waals surface area contributed by atoms with Crippen LogP contribution in [0.2, 0.25) is 0 Å². The van der Waals surface area contributed by atoms with Crippen molar-refractivity contribution in [1.82, 2.24) is 4.31 Å². The molecule has 2 N–H and O–H groups in total. The smallest absolute Gasteiger partial charge is 0.243 e. The standard InChI is InChI=1S/C19H22N4O3S/c1-3-23(4-2)27(25,26)18-11-9-16(10-12-18)21-14-19(24)22-17-7-5-15(13-20)6-8-17/h5-12,21H,3-4,14H2,1-2H3,(H,22,24). The molecular formula is C19H22N4O3S. The molecule has 0 saturated heterocycles. The predicted molar refractivity (Wildman–Crippen MR) is 105 cm³/mol. The molecule has 8 heteroatoms.